The number of nitrogen functional groups attached to an aromatic ring is 1. The average molecular weight is 292 g/mol. The number of amides is 1. The smallest absolute Gasteiger partial charge is 0.253 e. The van der Waals surface area contributed by atoms with Gasteiger partial charge < -0.3 is 20.9 Å². The molecule has 2 atom stereocenters. The quantitative estimate of drug-likeness (QED) is 0.741. The number of rotatable bonds is 4. The number of methoxy groups -OCH3 is 1. The highest BCUT2D eigenvalue weighted by atomic mass is 16.5. The van der Waals surface area contributed by atoms with Gasteiger partial charge in [-0.1, -0.05) is 25.8 Å². The number of hydrogen-bond acceptors (Lipinski definition) is 4. The molecule has 1 fully saturated rings. The Hall–Kier alpha value is -1.75. The molecule has 0 aromatic heterocycles. The molecule has 2 unspecified atom stereocenters. The molecule has 0 saturated heterocycles. The molecule has 0 bridgehead atoms. The van der Waals surface area contributed by atoms with Crippen molar-refractivity contribution in [3.63, 3.8) is 0 Å². The number of carbonyl (C=O) groups excluding carboxylic acids is 1. The highest BCUT2D eigenvalue weighted by Crippen LogP contribution is 2.32. The highest BCUT2D eigenvalue weighted by molar-refractivity contribution is 6.00. The number of nitrogens with two attached hydrogens (primary N) is 1. The zero-order valence-corrected chi connectivity index (χ0v) is 12.7. The lowest BCUT2D eigenvalue weighted by Crippen LogP contribution is -2.45. The molecule has 1 aromatic rings. The summed E-state index contributed by atoms with van der Waals surface area (Å²) >= 11 is 0. The van der Waals surface area contributed by atoms with Gasteiger partial charge in [-0.05, 0) is 30.9 Å². The molecule has 0 radical (unpaired) electrons. The molecule has 2 rings (SSSR count). The largest absolute Gasteiger partial charge is 0.495 e. The van der Waals surface area contributed by atoms with Crippen LogP contribution < -0.4 is 15.8 Å². The van der Waals surface area contributed by atoms with E-state index >= 15 is 0 Å². The summed E-state index contributed by atoms with van der Waals surface area (Å²) in [5.74, 6) is 0.688. The van der Waals surface area contributed by atoms with Crippen LogP contribution in [0.1, 0.15) is 43.0 Å². The Morgan fingerprint density at radius 3 is 3.00 bits per heavy atom. The van der Waals surface area contributed by atoms with Gasteiger partial charge in [-0.3, -0.25) is 4.79 Å². The number of carbonyl (C=O) groups is 1. The molecule has 1 aliphatic rings. The van der Waals surface area contributed by atoms with Crippen molar-refractivity contribution in [2.75, 3.05) is 19.4 Å². The molecule has 1 aliphatic carbocycles. The summed E-state index contributed by atoms with van der Waals surface area (Å²) in [6.07, 6.45) is 3.58. The first-order valence-electron chi connectivity index (χ1n) is 7.38. The fraction of sp³-hybridized carbons (Fsp3) is 0.562. The predicted octanol–water partition coefficient (Wildman–Crippen LogP) is 1.95. The van der Waals surface area contributed by atoms with Crippen LogP contribution in [0.15, 0.2) is 18.2 Å². The standard InChI is InChI=1S/C16H24N2O3/c1-11-5-4-8-16(20,9-11)10-18-15(19)12-6-3-7-13(21-2)14(12)17/h3,6-7,11,20H,4-5,8-10,17H2,1-2H3,(H,18,19). The summed E-state index contributed by atoms with van der Waals surface area (Å²) in [7, 11) is 1.51. The van der Waals surface area contributed by atoms with Gasteiger partial charge in [0.05, 0.1) is 24.0 Å². The maximum Gasteiger partial charge on any atom is 0.253 e. The fourth-order valence-corrected chi connectivity index (χ4v) is 3.05. The summed E-state index contributed by atoms with van der Waals surface area (Å²) in [6.45, 7) is 2.39. The van der Waals surface area contributed by atoms with Crippen LogP contribution in [0.4, 0.5) is 5.69 Å². The predicted molar refractivity (Wildman–Crippen MR) is 82.3 cm³/mol. The zero-order chi connectivity index (χ0) is 15.5. The SMILES string of the molecule is COc1cccc(C(=O)NCC2(O)CCCC(C)C2)c1N. The van der Waals surface area contributed by atoms with Gasteiger partial charge in [-0.25, -0.2) is 0 Å². The van der Waals surface area contributed by atoms with E-state index in [1.54, 1.807) is 18.2 Å². The summed E-state index contributed by atoms with van der Waals surface area (Å²) in [6, 6.07) is 5.09. The molecule has 21 heavy (non-hydrogen) atoms. The first-order valence-corrected chi connectivity index (χ1v) is 7.38. The lowest BCUT2D eigenvalue weighted by atomic mass is 9.79. The van der Waals surface area contributed by atoms with Crippen LogP contribution >= 0.6 is 0 Å². The Labute approximate surface area is 125 Å². The first-order chi connectivity index (χ1) is 9.95. The van der Waals surface area contributed by atoms with E-state index in [1.165, 1.54) is 7.11 Å². The molecule has 1 saturated carbocycles. The summed E-state index contributed by atoms with van der Waals surface area (Å²) < 4.78 is 5.11. The lowest BCUT2D eigenvalue weighted by Gasteiger charge is -2.35. The summed E-state index contributed by atoms with van der Waals surface area (Å²) in [4.78, 5) is 12.2. The van der Waals surface area contributed by atoms with E-state index in [4.69, 9.17) is 10.5 Å². The monoisotopic (exact) mass is 292 g/mol. The minimum absolute atomic E-state index is 0.257. The van der Waals surface area contributed by atoms with Gasteiger partial charge in [0.15, 0.2) is 0 Å². The molecule has 1 aromatic carbocycles. The van der Waals surface area contributed by atoms with Crippen LogP contribution in [0.25, 0.3) is 0 Å². The second-order valence-corrected chi connectivity index (χ2v) is 6.03. The Kier molecular flexibility index (Phi) is 4.73. The van der Waals surface area contributed by atoms with Crippen molar-refractivity contribution in [3.8, 4) is 5.75 Å². The Morgan fingerprint density at radius 1 is 1.57 bits per heavy atom. The van der Waals surface area contributed by atoms with Gasteiger partial charge in [0, 0.05) is 6.54 Å². The molecule has 1 amide bonds. The van der Waals surface area contributed by atoms with Gasteiger partial charge in [-0.2, -0.15) is 0 Å². The summed E-state index contributed by atoms with van der Waals surface area (Å²) in [5, 5.41) is 13.3. The molecular formula is C16H24N2O3. The van der Waals surface area contributed by atoms with Crippen molar-refractivity contribution in [2.24, 2.45) is 5.92 Å². The normalized spacial score (nSPS) is 25.4. The van der Waals surface area contributed by atoms with Crippen molar-refractivity contribution >= 4 is 11.6 Å². The van der Waals surface area contributed by atoms with Gasteiger partial charge in [0.1, 0.15) is 5.75 Å². The number of ether oxygens (including phenoxy) is 1. The van der Waals surface area contributed by atoms with Crippen LogP contribution in [0.5, 0.6) is 5.75 Å². The minimum atomic E-state index is -0.805. The number of anilines is 1. The maximum absolute atomic E-state index is 12.2. The van der Waals surface area contributed by atoms with E-state index in [9.17, 15) is 9.90 Å². The Bertz CT molecular complexity index is 518. The van der Waals surface area contributed by atoms with Crippen LogP contribution in [-0.4, -0.2) is 30.3 Å². The molecule has 0 heterocycles. The van der Waals surface area contributed by atoms with Crippen molar-refractivity contribution in [1.82, 2.24) is 5.32 Å². The second-order valence-electron chi connectivity index (χ2n) is 6.03. The van der Waals surface area contributed by atoms with E-state index in [0.29, 0.717) is 22.9 Å². The van der Waals surface area contributed by atoms with E-state index in [0.717, 1.165) is 25.7 Å². The van der Waals surface area contributed by atoms with Gasteiger partial charge >= 0.3 is 0 Å². The van der Waals surface area contributed by atoms with E-state index in [2.05, 4.69) is 12.2 Å². The molecule has 0 aliphatic heterocycles. The molecule has 0 spiro atoms. The third-order valence-electron chi connectivity index (χ3n) is 4.18. The van der Waals surface area contributed by atoms with Crippen molar-refractivity contribution in [3.05, 3.63) is 23.8 Å². The average Bonchev–Trinajstić information content (AvgIpc) is 2.45. The van der Waals surface area contributed by atoms with Crippen LogP contribution in [0, 0.1) is 5.92 Å². The van der Waals surface area contributed by atoms with E-state index < -0.39 is 5.60 Å². The number of para-hydroxylation sites is 1. The number of benzene rings is 1. The van der Waals surface area contributed by atoms with Gasteiger partial charge in [0.25, 0.3) is 5.91 Å². The number of hydrogen-bond donors (Lipinski definition) is 3. The molecule has 116 valence electrons. The van der Waals surface area contributed by atoms with Crippen LogP contribution in [-0.2, 0) is 0 Å². The van der Waals surface area contributed by atoms with Crippen molar-refractivity contribution in [1.29, 1.82) is 0 Å². The Balaban J connectivity index is 2.02. The van der Waals surface area contributed by atoms with Crippen molar-refractivity contribution in [2.45, 2.75) is 38.2 Å². The minimum Gasteiger partial charge on any atom is -0.495 e. The highest BCUT2D eigenvalue weighted by Gasteiger charge is 2.33. The lowest BCUT2D eigenvalue weighted by molar-refractivity contribution is -0.0109. The molecule has 5 heteroatoms. The number of aliphatic hydroxyl groups is 1. The topological polar surface area (TPSA) is 84.6 Å². The maximum atomic E-state index is 12.2. The van der Waals surface area contributed by atoms with Crippen LogP contribution in [0.2, 0.25) is 0 Å². The van der Waals surface area contributed by atoms with Gasteiger partial charge in [-0.15, -0.1) is 0 Å². The Morgan fingerprint density at radius 2 is 2.33 bits per heavy atom. The number of nitrogens with one attached hydrogen (secondary N) is 1. The van der Waals surface area contributed by atoms with E-state index in [-0.39, 0.29) is 12.5 Å². The van der Waals surface area contributed by atoms with Gasteiger partial charge in [0.2, 0.25) is 0 Å². The first kappa shape index (κ1) is 15.6. The molecular weight excluding hydrogens is 268 g/mol. The molecule has 5 nitrogen and oxygen atoms in total. The van der Waals surface area contributed by atoms with E-state index in [1.807, 2.05) is 0 Å². The zero-order valence-electron chi connectivity index (χ0n) is 12.7. The fourth-order valence-electron chi connectivity index (χ4n) is 3.05. The second kappa shape index (κ2) is 6.35. The summed E-state index contributed by atoms with van der Waals surface area (Å²) in [5.41, 5.74) is 5.80. The van der Waals surface area contributed by atoms with Crippen molar-refractivity contribution < 1.29 is 14.6 Å². The molecule has 4 N–H and O–H groups in total. The third-order valence-corrected chi connectivity index (χ3v) is 4.18. The third kappa shape index (κ3) is 3.67. The van der Waals surface area contributed by atoms with Crippen LogP contribution in [0.3, 0.4) is 0 Å².